The lowest BCUT2D eigenvalue weighted by Crippen LogP contribution is -2.00. The average molecular weight is 210 g/mol. The standard InChI is InChI=1S/C11H18N2O2/c1-2-5-9(14)10-12-11(15-13-10)8-6-3-4-7-8/h8-9,14H,2-7H2,1H3. The first-order valence-corrected chi connectivity index (χ1v) is 5.82. The van der Waals surface area contributed by atoms with Crippen molar-refractivity contribution in [2.45, 2.75) is 57.5 Å². The zero-order chi connectivity index (χ0) is 10.7. The van der Waals surface area contributed by atoms with Gasteiger partial charge in [0.1, 0.15) is 6.10 Å². The highest BCUT2D eigenvalue weighted by atomic mass is 16.5. The minimum atomic E-state index is -0.561. The number of hydrogen-bond acceptors (Lipinski definition) is 4. The van der Waals surface area contributed by atoms with Crippen LogP contribution in [0, 0.1) is 0 Å². The molecule has 1 aliphatic carbocycles. The predicted octanol–water partition coefficient (Wildman–Crippen LogP) is 2.56. The van der Waals surface area contributed by atoms with Crippen LogP contribution in [-0.2, 0) is 0 Å². The molecule has 2 rings (SSSR count). The van der Waals surface area contributed by atoms with Crippen molar-refractivity contribution in [2.75, 3.05) is 0 Å². The summed E-state index contributed by atoms with van der Waals surface area (Å²) in [4.78, 5) is 4.28. The van der Waals surface area contributed by atoms with E-state index in [0.717, 1.165) is 25.2 Å². The van der Waals surface area contributed by atoms with Crippen LogP contribution in [0.3, 0.4) is 0 Å². The normalized spacial score (nSPS) is 19.6. The lowest BCUT2D eigenvalue weighted by Gasteiger charge is -2.02. The van der Waals surface area contributed by atoms with Crippen LogP contribution >= 0.6 is 0 Å². The summed E-state index contributed by atoms with van der Waals surface area (Å²) >= 11 is 0. The number of hydrogen-bond donors (Lipinski definition) is 1. The minimum absolute atomic E-state index is 0.431. The Morgan fingerprint density at radius 2 is 2.20 bits per heavy atom. The summed E-state index contributed by atoms with van der Waals surface area (Å²) in [6.07, 6.45) is 5.85. The van der Waals surface area contributed by atoms with Crippen LogP contribution in [0.5, 0.6) is 0 Å². The van der Waals surface area contributed by atoms with Gasteiger partial charge < -0.3 is 9.63 Å². The topological polar surface area (TPSA) is 59.2 Å². The molecule has 1 unspecified atom stereocenters. The van der Waals surface area contributed by atoms with Gasteiger partial charge in [-0.25, -0.2) is 0 Å². The predicted molar refractivity (Wildman–Crippen MR) is 55.4 cm³/mol. The van der Waals surface area contributed by atoms with E-state index in [0.29, 0.717) is 18.2 Å². The van der Waals surface area contributed by atoms with Gasteiger partial charge in [-0.05, 0) is 19.3 Å². The third-order valence-electron chi connectivity index (χ3n) is 3.02. The molecule has 0 aromatic carbocycles. The highest BCUT2D eigenvalue weighted by Crippen LogP contribution is 2.33. The van der Waals surface area contributed by atoms with Gasteiger partial charge in [0.25, 0.3) is 0 Å². The Labute approximate surface area is 89.7 Å². The van der Waals surface area contributed by atoms with E-state index < -0.39 is 6.10 Å². The molecule has 1 aromatic heterocycles. The molecule has 15 heavy (non-hydrogen) atoms. The molecule has 0 radical (unpaired) electrons. The monoisotopic (exact) mass is 210 g/mol. The SMILES string of the molecule is CCCC(O)c1noc(C2CCCC2)n1. The Hall–Kier alpha value is -0.900. The first kappa shape index (κ1) is 10.6. The van der Waals surface area contributed by atoms with Crippen LogP contribution in [-0.4, -0.2) is 15.2 Å². The largest absolute Gasteiger partial charge is 0.385 e. The molecule has 1 fully saturated rings. The first-order chi connectivity index (χ1) is 7.31. The van der Waals surface area contributed by atoms with Crippen LogP contribution in [0.4, 0.5) is 0 Å². The van der Waals surface area contributed by atoms with Gasteiger partial charge in [-0.2, -0.15) is 4.98 Å². The molecule has 1 aromatic rings. The van der Waals surface area contributed by atoms with Gasteiger partial charge in [0.05, 0.1) is 0 Å². The van der Waals surface area contributed by atoms with Crippen molar-refractivity contribution in [1.82, 2.24) is 10.1 Å². The molecule has 84 valence electrons. The molecule has 0 saturated heterocycles. The highest BCUT2D eigenvalue weighted by molar-refractivity contribution is 4.98. The summed E-state index contributed by atoms with van der Waals surface area (Å²) in [7, 11) is 0. The second kappa shape index (κ2) is 4.75. The van der Waals surface area contributed by atoms with E-state index in [-0.39, 0.29) is 0 Å². The zero-order valence-electron chi connectivity index (χ0n) is 9.15. The Bertz CT molecular complexity index is 305. The molecule has 1 atom stereocenters. The molecule has 0 amide bonds. The third-order valence-corrected chi connectivity index (χ3v) is 3.02. The van der Waals surface area contributed by atoms with Gasteiger partial charge in [0.2, 0.25) is 5.89 Å². The fourth-order valence-electron chi connectivity index (χ4n) is 2.12. The van der Waals surface area contributed by atoms with E-state index in [1.54, 1.807) is 0 Å². The lowest BCUT2D eigenvalue weighted by atomic mass is 10.1. The van der Waals surface area contributed by atoms with E-state index in [2.05, 4.69) is 10.1 Å². The van der Waals surface area contributed by atoms with Crippen molar-refractivity contribution in [1.29, 1.82) is 0 Å². The summed E-state index contributed by atoms with van der Waals surface area (Å²) in [5.74, 6) is 1.61. The zero-order valence-corrected chi connectivity index (χ0v) is 9.15. The highest BCUT2D eigenvalue weighted by Gasteiger charge is 2.24. The van der Waals surface area contributed by atoms with Crippen molar-refractivity contribution >= 4 is 0 Å². The smallest absolute Gasteiger partial charge is 0.229 e. The molecule has 0 spiro atoms. The molecule has 4 heteroatoms. The van der Waals surface area contributed by atoms with E-state index in [1.165, 1.54) is 12.8 Å². The van der Waals surface area contributed by atoms with Crippen LogP contribution in [0.15, 0.2) is 4.52 Å². The molecule has 4 nitrogen and oxygen atoms in total. The molecule has 1 aliphatic rings. The van der Waals surface area contributed by atoms with Crippen molar-refractivity contribution < 1.29 is 9.63 Å². The summed E-state index contributed by atoms with van der Waals surface area (Å²) in [6.45, 7) is 2.03. The Balaban J connectivity index is 2.02. The van der Waals surface area contributed by atoms with Gasteiger partial charge in [-0.15, -0.1) is 0 Å². The molecule has 1 heterocycles. The van der Waals surface area contributed by atoms with Crippen LogP contribution in [0.2, 0.25) is 0 Å². The fraction of sp³-hybridized carbons (Fsp3) is 0.818. The number of aliphatic hydroxyl groups excluding tert-OH is 1. The molecule has 1 N–H and O–H groups in total. The Kier molecular flexibility index (Phi) is 3.36. The molecular formula is C11H18N2O2. The summed E-state index contributed by atoms with van der Waals surface area (Å²) < 4.78 is 5.19. The van der Waals surface area contributed by atoms with Crippen molar-refractivity contribution in [2.24, 2.45) is 0 Å². The van der Waals surface area contributed by atoms with E-state index in [1.807, 2.05) is 6.92 Å². The van der Waals surface area contributed by atoms with Crippen LogP contribution in [0.1, 0.15) is 69.2 Å². The number of rotatable bonds is 4. The van der Waals surface area contributed by atoms with E-state index in [4.69, 9.17) is 4.52 Å². The van der Waals surface area contributed by atoms with E-state index >= 15 is 0 Å². The van der Waals surface area contributed by atoms with Gasteiger partial charge in [0, 0.05) is 5.92 Å². The molecular weight excluding hydrogens is 192 g/mol. The number of nitrogens with zero attached hydrogens (tertiary/aromatic N) is 2. The lowest BCUT2D eigenvalue weighted by molar-refractivity contribution is 0.152. The van der Waals surface area contributed by atoms with Crippen molar-refractivity contribution in [3.63, 3.8) is 0 Å². The Morgan fingerprint density at radius 3 is 2.87 bits per heavy atom. The molecule has 1 saturated carbocycles. The average Bonchev–Trinajstić information content (AvgIpc) is 2.89. The van der Waals surface area contributed by atoms with Crippen molar-refractivity contribution in [3.8, 4) is 0 Å². The maximum absolute atomic E-state index is 9.69. The fourth-order valence-corrected chi connectivity index (χ4v) is 2.12. The van der Waals surface area contributed by atoms with Gasteiger partial charge in [-0.1, -0.05) is 31.3 Å². The van der Waals surface area contributed by atoms with E-state index in [9.17, 15) is 5.11 Å². The van der Waals surface area contributed by atoms with Crippen molar-refractivity contribution in [3.05, 3.63) is 11.7 Å². The maximum atomic E-state index is 9.69. The van der Waals surface area contributed by atoms with Gasteiger partial charge in [-0.3, -0.25) is 0 Å². The summed E-state index contributed by atoms with van der Waals surface area (Å²) in [5, 5.41) is 13.5. The summed E-state index contributed by atoms with van der Waals surface area (Å²) in [5.41, 5.74) is 0. The minimum Gasteiger partial charge on any atom is -0.385 e. The third kappa shape index (κ3) is 2.37. The maximum Gasteiger partial charge on any atom is 0.229 e. The van der Waals surface area contributed by atoms with Gasteiger partial charge in [0.15, 0.2) is 5.82 Å². The second-order valence-corrected chi connectivity index (χ2v) is 4.28. The Morgan fingerprint density at radius 1 is 1.47 bits per heavy atom. The number of aliphatic hydroxyl groups is 1. The quantitative estimate of drug-likeness (QED) is 0.829. The number of aromatic nitrogens is 2. The second-order valence-electron chi connectivity index (χ2n) is 4.28. The van der Waals surface area contributed by atoms with Crippen LogP contribution in [0.25, 0.3) is 0 Å². The van der Waals surface area contributed by atoms with Gasteiger partial charge >= 0.3 is 0 Å². The summed E-state index contributed by atoms with van der Waals surface area (Å²) in [6, 6.07) is 0. The first-order valence-electron chi connectivity index (χ1n) is 5.82. The molecule has 0 aliphatic heterocycles. The van der Waals surface area contributed by atoms with Crippen LogP contribution < -0.4 is 0 Å². The molecule has 0 bridgehead atoms.